The third-order valence-corrected chi connectivity index (χ3v) is 4.17. The zero-order chi connectivity index (χ0) is 18.7. The Morgan fingerprint density at radius 1 is 1.23 bits per heavy atom. The maximum Gasteiger partial charge on any atom is 0.273 e. The fourth-order valence-corrected chi connectivity index (χ4v) is 2.80. The number of rotatable bonds is 7. The van der Waals surface area contributed by atoms with Gasteiger partial charge in [0.1, 0.15) is 11.5 Å². The molecular weight excluding hydrogens is 336 g/mol. The first-order valence-corrected chi connectivity index (χ1v) is 8.05. The van der Waals surface area contributed by atoms with Crippen molar-refractivity contribution in [2.45, 2.75) is 20.4 Å². The minimum atomic E-state index is -0.503. The molecule has 0 spiro atoms. The van der Waals surface area contributed by atoms with Crippen LogP contribution in [0.15, 0.2) is 53.1 Å². The molecule has 2 aromatic heterocycles. The molecule has 0 saturated carbocycles. The number of carbonyl (C=O) groups is 1. The van der Waals surface area contributed by atoms with Crippen LogP contribution in [-0.4, -0.2) is 21.9 Å². The molecule has 0 aliphatic rings. The van der Waals surface area contributed by atoms with Crippen molar-refractivity contribution in [3.05, 3.63) is 81.6 Å². The molecule has 0 N–H and O–H groups in total. The summed E-state index contributed by atoms with van der Waals surface area (Å²) in [4.78, 5) is 22.8. The van der Waals surface area contributed by atoms with Crippen molar-refractivity contribution in [3.63, 3.8) is 0 Å². The van der Waals surface area contributed by atoms with E-state index in [0.717, 1.165) is 17.1 Å². The van der Waals surface area contributed by atoms with Gasteiger partial charge in [0.25, 0.3) is 5.69 Å². The molecule has 26 heavy (non-hydrogen) atoms. The predicted molar refractivity (Wildman–Crippen MR) is 94.6 cm³/mol. The van der Waals surface area contributed by atoms with Crippen LogP contribution < -0.4 is 4.74 Å². The number of ether oxygens (including phenoxy) is 1. The molecule has 134 valence electrons. The van der Waals surface area contributed by atoms with Gasteiger partial charge in [0, 0.05) is 23.0 Å². The fourth-order valence-electron chi connectivity index (χ4n) is 2.80. The minimum Gasteiger partial charge on any atom is -0.485 e. The lowest BCUT2D eigenvalue weighted by Gasteiger charge is -2.08. The summed E-state index contributed by atoms with van der Waals surface area (Å²) in [5.41, 5.74) is 2.26. The van der Waals surface area contributed by atoms with Gasteiger partial charge in [-0.2, -0.15) is 0 Å². The van der Waals surface area contributed by atoms with Crippen LogP contribution in [0.1, 0.15) is 27.5 Å². The topological polar surface area (TPSA) is 87.5 Å². The Morgan fingerprint density at radius 3 is 2.73 bits per heavy atom. The van der Waals surface area contributed by atoms with Crippen LogP contribution in [0.3, 0.4) is 0 Å². The average molecular weight is 354 g/mol. The van der Waals surface area contributed by atoms with Gasteiger partial charge in [-0.15, -0.1) is 0 Å². The number of carbonyl (C=O) groups excluding carboxylic acids is 1. The molecule has 0 fully saturated rings. The van der Waals surface area contributed by atoms with Crippen LogP contribution in [0.5, 0.6) is 5.75 Å². The molecule has 0 unspecified atom stereocenters. The van der Waals surface area contributed by atoms with Gasteiger partial charge in [-0.05, 0) is 38.1 Å². The lowest BCUT2D eigenvalue weighted by atomic mass is 10.1. The normalized spacial score (nSPS) is 10.7. The Morgan fingerprint density at radius 2 is 2.04 bits per heavy atom. The second-order valence-electron chi connectivity index (χ2n) is 5.92. The summed E-state index contributed by atoms with van der Waals surface area (Å²) in [7, 11) is 0. The molecule has 0 amide bonds. The van der Waals surface area contributed by atoms with Gasteiger partial charge in [0.05, 0.1) is 23.8 Å². The number of non-ortho nitro benzene ring substituents is 1. The molecule has 0 aliphatic carbocycles. The summed E-state index contributed by atoms with van der Waals surface area (Å²) in [6.45, 7) is 4.15. The van der Waals surface area contributed by atoms with Gasteiger partial charge < -0.3 is 13.7 Å². The van der Waals surface area contributed by atoms with Crippen LogP contribution in [0.4, 0.5) is 5.69 Å². The zero-order valence-electron chi connectivity index (χ0n) is 14.5. The Labute approximate surface area is 150 Å². The molecule has 0 saturated heterocycles. The summed E-state index contributed by atoms with van der Waals surface area (Å²) < 4.78 is 12.8. The zero-order valence-corrected chi connectivity index (χ0v) is 14.5. The molecule has 3 rings (SSSR count). The molecule has 0 aliphatic heterocycles. The van der Waals surface area contributed by atoms with E-state index in [1.54, 1.807) is 12.3 Å². The first kappa shape index (κ1) is 17.5. The van der Waals surface area contributed by atoms with Gasteiger partial charge in [0.15, 0.2) is 6.61 Å². The largest absolute Gasteiger partial charge is 0.485 e. The van der Waals surface area contributed by atoms with E-state index in [9.17, 15) is 14.9 Å². The minimum absolute atomic E-state index is 0.0772. The van der Waals surface area contributed by atoms with E-state index in [4.69, 9.17) is 9.15 Å². The predicted octanol–water partition coefficient (Wildman–Crippen LogP) is 3.92. The standard InChI is InChI=1S/C19H18N2O5/c1-13-9-18(14(2)20(13)11-17-7-4-8-25-17)19(22)12-26-16-6-3-5-15(10-16)21(23)24/h3-10H,11-12H2,1-2H3. The van der Waals surface area contributed by atoms with Crippen LogP contribution in [0.25, 0.3) is 0 Å². The number of nitrogens with zero attached hydrogens (tertiary/aromatic N) is 2. The number of ketones is 1. The quantitative estimate of drug-likeness (QED) is 0.365. The summed E-state index contributed by atoms with van der Waals surface area (Å²) in [5.74, 6) is 0.908. The third kappa shape index (κ3) is 3.66. The van der Waals surface area contributed by atoms with Gasteiger partial charge in [-0.3, -0.25) is 14.9 Å². The van der Waals surface area contributed by atoms with E-state index >= 15 is 0 Å². The van der Waals surface area contributed by atoms with E-state index in [0.29, 0.717) is 12.1 Å². The van der Waals surface area contributed by atoms with Crippen molar-refractivity contribution >= 4 is 11.5 Å². The van der Waals surface area contributed by atoms with Crippen LogP contribution >= 0.6 is 0 Å². The van der Waals surface area contributed by atoms with E-state index in [-0.39, 0.29) is 23.8 Å². The number of furan rings is 1. The Hall–Kier alpha value is -3.35. The number of aromatic nitrogens is 1. The number of benzene rings is 1. The molecule has 7 nitrogen and oxygen atoms in total. The Kier molecular flexibility index (Phi) is 4.88. The summed E-state index contributed by atoms with van der Waals surface area (Å²) in [6, 6.07) is 11.3. The van der Waals surface area contributed by atoms with Crippen molar-refractivity contribution in [2.75, 3.05) is 6.61 Å². The highest BCUT2D eigenvalue weighted by Crippen LogP contribution is 2.21. The van der Waals surface area contributed by atoms with Crippen LogP contribution in [0.2, 0.25) is 0 Å². The SMILES string of the molecule is Cc1cc(C(=O)COc2cccc([N+](=O)[O-])c2)c(C)n1Cc1ccco1. The number of Topliss-reactive ketones (excluding diaryl/α,β-unsaturated/α-hetero) is 1. The number of hydrogen-bond acceptors (Lipinski definition) is 5. The first-order valence-electron chi connectivity index (χ1n) is 8.05. The van der Waals surface area contributed by atoms with Crippen molar-refractivity contribution in [2.24, 2.45) is 0 Å². The Balaban J connectivity index is 1.72. The average Bonchev–Trinajstić information content (AvgIpc) is 3.23. The lowest BCUT2D eigenvalue weighted by molar-refractivity contribution is -0.384. The van der Waals surface area contributed by atoms with E-state index < -0.39 is 4.92 Å². The van der Waals surface area contributed by atoms with Crippen molar-refractivity contribution in [1.29, 1.82) is 0 Å². The van der Waals surface area contributed by atoms with Gasteiger partial charge >= 0.3 is 0 Å². The number of nitro groups is 1. The van der Waals surface area contributed by atoms with Gasteiger partial charge in [0.2, 0.25) is 5.78 Å². The highest BCUT2D eigenvalue weighted by atomic mass is 16.6. The number of hydrogen-bond donors (Lipinski definition) is 0. The molecule has 0 bridgehead atoms. The molecule has 2 heterocycles. The van der Waals surface area contributed by atoms with Crippen molar-refractivity contribution in [3.8, 4) is 5.75 Å². The lowest BCUT2D eigenvalue weighted by Crippen LogP contribution is -2.13. The van der Waals surface area contributed by atoms with Crippen molar-refractivity contribution < 1.29 is 18.9 Å². The summed E-state index contributed by atoms with van der Waals surface area (Å²) in [6.07, 6.45) is 1.61. The second kappa shape index (κ2) is 7.26. The third-order valence-electron chi connectivity index (χ3n) is 4.17. The Bertz CT molecular complexity index is 941. The highest BCUT2D eigenvalue weighted by Gasteiger charge is 2.17. The van der Waals surface area contributed by atoms with Crippen LogP contribution in [0, 0.1) is 24.0 Å². The van der Waals surface area contributed by atoms with E-state index in [1.807, 2.05) is 36.6 Å². The monoisotopic (exact) mass is 354 g/mol. The van der Waals surface area contributed by atoms with Crippen LogP contribution in [-0.2, 0) is 6.54 Å². The molecule has 0 atom stereocenters. The first-order chi connectivity index (χ1) is 12.5. The highest BCUT2D eigenvalue weighted by molar-refractivity contribution is 5.98. The molecular formula is C19H18N2O5. The van der Waals surface area contributed by atoms with Crippen molar-refractivity contribution in [1.82, 2.24) is 4.57 Å². The smallest absolute Gasteiger partial charge is 0.273 e. The van der Waals surface area contributed by atoms with E-state index in [1.165, 1.54) is 18.2 Å². The molecule has 7 heteroatoms. The summed E-state index contributed by atoms with van der Waals surface area (Å²) in [5, 5.41) is 10.8. The second-order valence-corrected chi connectivity index (χ2v) is 5.92. The fraction of sp³-hybridized carbons (Fsp3) is 0.211. The van der Waals surface area contributed by atoms with E-state index in [2.05, 4.69) is 0 Å². The summed E-state index contributed by atoms with van der Waals surface area (Å²) >= 11 is 0. The van der Waals surface area contributed by atoms with Gasteiger partial charge in [-0.25, -0.2) is 0 Å². The molecule has 0 radical (unpaired) electrons. The number of aryl methyl sites for hydroxylation is 1. The molecule has 3 aromatic rings. The maximum atomic E-state index is 12.5. The van der Waals surface area contributed by atoms with Gasteiger partial charge in [-0.1, -0.05) is 6.07 Å². The number of nitro benzene ring substituents is 1. The maximum absolute atomic E-state index is 12.5. The molecule has 1 aromatic carbocycles.